The van der Waals surface area contributed by atoms with Crippen molar-refractivity contribution in [3.63, 3.8) is 0 Å². The van der Waals surface area contributed by atoms with E-state index in [0.29, 0.717) is 10.0 Å². The molecule has 0 aliphatic heterocycles. The molecule has 0 amide bonds. The Morgan fingerprint density at radius 1 is 0.885 bits per heavy atom. The minimum atomic E-state index is -0.181. The van der Waals surface area contributed by atoms with Gasteiger partial charge in [0.05, 0.1) is 12.2 Å². The highest BCUT2D eigenvalue weighted by molar-refractivity contribution is 6.35. The largest absolute Gasteiger partial charge is 0.268 e. The first kappa shape index (κ1) is 16.8. The van der Waals surface area contributed by atoms with Gasteiger partial charge in [0.1, 0.15) is 0 Å². The highest BCUT2D eigenvalue weighted by Gasteiger charge is 2.09. The number of aromatic nitrogens is 2. The molecule has 0 saturated carbocycles. The average Bonchev–Trinajstić information content (AvgIpc) is 2.65. The molecule has 0 fully saturated rings. The molecule has 3 aromatic carbocycles. The average molecular weight is 381 g/mol. The lowest BCUT2D eigenvalue weighted by atomic mass is 10.0. The zero-order chi connectivity index (χ0) is 18.1. The van der Waals surface area contributed by atoms with Crippen LogP contribution in [0.25, 0.3) is 22.0 Å². The Hall–Kier alpha value is -2.62. The molecule has 0 bridgehead atoms. The molecule has 0 unspecified atom stereocenters. The van der Waals surface area contributed by atoms with Crippen molar-refractivity contribution in [3.8, 4) is 11.3 Å². The maximum absolute atomic E-state index is 12.3. The molecule has 26 heavy (non-hydrogen) atoms. The van der Waals surface area contributed by atoms with Crippen molar-refractivity contribution in [2.24, 2.45) is 0 Å². The second kappa shape index (κ2) is 6.94. The first-order valence-corrected chi connectivity index (χ1v) is 8.88. The highest BCUT2D eigenvalue weighted by Crippen LogP contribution is 2.27. The lowest BCUT2D eigenvalue weighted by molar-refractivity contribution is 0.643. The van der Waals surface area contributed by atoms with Crippen molar-refractivity contribution in [1.29, 1.82) is 0 Å². The minimum absolute atomic E-state index is 0.181. The molecular formula is C21H14Cl2N2O. The van der Waals surface area contributed by atoms with E-state index in [1.54, 1.807) is 18.2 Å². The molecule has 0 aliphatic rings. The van der Waals surface area contributed by atoms with E-state index in [9.17, 15) is 4.79 Å². The number of nitrogens with zero attached hydrogens (tertiary/aromatic N) is 2. The van der Waals surface area contributed by atoms with Gasteiger partial charge in [0, 0.05) is 21.7 Å². The van der Waals surface area contributed by atoms with E-state index in [-0.39, 0.29) is 12.1 Å². The highest BCUT2D eigenvalue weighted by atomic mass is 35.5. The van der Waals surface area contributed by atoms with E-state index in [0.717, 1.165) is 27.6 Å². The third-order valence-electron chi connectivity index (χ3n) is 4.27. The molecular weight excluding hydrogens is 367 g/mol. The van der Waals surface area contributed by atoms with Gasteiger partial charge >= 0.3 is 0 Å². The van der Waals surface area contributed by atoms with Gasteiger partial charge in [-0.3, -0.25) is 4.79 Å². The Kier molecular flexibility index (Phi) is 4.49. The molecule has 5 heteroatoms. The Morgan fingerprint density at radius 3 is 2.54 bits per heavy atom. The van der Waals surface area contributed by atoms with Gasteiger partial charge in [-0.1, -0.05) is 71.7 Å². The van der Waals surface area contributed by atoms with Gasteiger partial charge in [-0.2, -0.15) is 5.10 Å². The Morgan fingerprint density at radius 2 is 1.69 bits per heavy atom. The van der Waals surface area contributed by atoms with Crippen LogP contribution < -0.4 is 5.56 Å². The maximum atomic E-state index is 12.3. The van der Waals surface area contributed by atoms with Crippen LogP contribution in [0.15, 0.2) is 77.6 Å². The zero-order valence-electron chi connectivity index (χ0n) is 13.7. The van der Waals surface area contributed by atoms with Crippen LogP contribution in [0, 0.1) is 0 Å². The quantitative estimate of drug-likeness (QED) is 0.475. The van der Waals surface area contributed by atoms with Crippen LogP contribution in [-0.4, -0.2) is 9.78 Å². The second-order valence-corrected chi connectivity index (χ2v) is 6.82. The Balaban J connectivity index is 1.80. The van der Waals surface area contributed by atoms with Gasteiger partial charge in [-0.25, -0.2) is 4.68 Å². The summed E-state index contributed by atoms with van der Waals surface area (Å²) in [5.74, 6) is 0. The van der Waals surface area contributed by atoms with Crippen molar-refractivity contribution in [3.05, 3.63) is 98.8 Å². The summed E-state index contributed by atoms with van der Waals surface area (Å²) in [6, 6.07) is 22.7. The molecule has 0 radical (unpaired) electrons. The van der Waals surface area contributed by atoms with Crippen LogP contribution in [0.5, 0.6) is 0 Å². The van der Waals surface area contributed by atoms with E-state index in [1.807, 2.05) is 30.3 Å². The van der Waals surface area contributed by atoms with Crippen LogP contribution in [0.1, 0.15) is 5.56 Å². The molecule has 0 aliphatic carbocycles. The molecule has 0 atom stereocenters. The van der Waals surface area contributed by atoms with Crippen molar-refractivity contribution < 1.29 is 0 Å². The lowest BCUT2D eigenvalue weighted by Crippen LogP contribution is -2.23. The van der Waals surface area contributed by atoms with Crippen LogP contribution in [0.2, 0.25) is 10.0 Å². The fourth-order valence-corrected chi connectivity index (χ4v) is 3.43. The number of halogens is 2. The van der Waals surface area contributed by atoms with Crippen LogP contribution in [0.4, 0.5) is 0 Å². The fraction of sp³-hybridized carbons (Fsp3) is 0.0476. The topological polar surface area (TPSA) is 34.9 Å². The van der Waals surface area contributed by atoms with Crippen molar-refractivity contribution in [2.45, 2.75) is 6.54 Å². The predicted octanol–water partition coefficient (Wildman–Crippen LogP) is 5.42. The van der Waals surface area contributed by atoms with Crippen LogP contribution >= 0.6 is 23.2 Å². The van der Waals surface area contributed by atoms with E-state index in [4.69, 9.17) is 23.2 Å². The number of benzene rings is 3. The molecule has 4 aromatic rings. The first-order chi connectivity index (χ1) is 12.6. The summed E-state index contributed by atoms with van der Waals surface area (Å²) in [6.07, 6.45) is 0. The molecule has 1 heterocycles. The van der Waals surface area contributed by atoms with Crippen molar-refractivity contribution in [2.75, 3.05) is 0 Å². The van der Waals surface area contributed by atoms with Crippen LogP contribution in [-0.2, 0) is 6.54 Å². The third kappa shape index (κ3) is 3.24. The first-order valence-electron chi connectivity index (χ1n) is 8.12. The van der Waals surface area contributed by atoms with E-state index < -0.39 is 0 Å². The van der Waals surface area contributed by atoms with Gasteiger partial charge in [0.25, 0.3) is 5.56 Å². The molecule has 4 rings (SSSR count). The fourth-order valence-electron chi connectivity index (χ4n) is 2.97. The lowest BCUT2D eigenvalue weighted by Gasteiger charge is -2.10. The smallest absolute Gasteiger partial charge is 0.267 e. The summed E-state index contributed by atoms with van der Waals surface area (Å²) in [5, 5.41) is 7.86. The van der Waals surface area contributed by atoms with E-state index in [1.165, 1.54) is 10.7 Å². The predicted molar refractivity (Wildman–Crippen MR) is 107 cm³/mol. The molecule has 3 nitrogen and oxygen atoms in total. The molecule has 1 aromatic heterocycles. The molecule has 0 saturated heterocycles. The Bertz CT molecular complexity index is 1160. The summed E-state index contributed by atoms with van der Waals surface area (Å²) in [4.78, 5) is 12.3. The SMILES string of the molecule is O=c1ccc(-c2cccc3ccccc23)nn1Cc1ccc(Cl)cc1Cl. The minimum Gasteiger partial charge on any atom is -0.268 e. The summed E-state index contributed by atoms with van der Waals surface area (Å²) >= 11 is 12.2. The Labute approximate surface area is 160 Å². The third-order valence-corrected chi connectivity index (χ3v) is 4.85. The summed E-state index contributed by atoms with van der Waals surface area (Å²) in [6.45, 7) is 0.285. The van der Waals surface area contributed by atoms with Gasteiger partial charge in [0.15, 0.2) is 0 Å². The number of hydrogen-bond acceptors (Lipinski definition) is 2. The van der Waals surface area contributed by atoms with Crippen molar-refractivity contribution >= 4 is 34.0 Å². The standard InChI is InChI=1S/C21H14Cl2N2O/c22-16-9-8-15(19(23)12-16)13-25-21(26)11-10-20(24-25)18-7-3-5-14-4-1-2-6-17(14)18/h1-12H,13H2. The van der Waals surface area contributed by atoms with Gasteiger partial charge in [-0.05, 0) is 34.5 Å². The second-order valence-electron chi connectivity index (χ2n) is 5.98. The molecule has 128 valence electrons. The summed E-state index contributed by atoms with van der Waals surface area (Å²) < 4.78 is 1.42. The molecule has 0 spiro atoms. The van der Waals surface area contributed by atoms with Gasteiger partial charge in [0.2, 0.25) is 0 Å². The zero-order valence-corrected chi connectivity index (χ0v) is 15.2. The van der Waals surface area contributed by atoms with E-state index >= 15 is 0 Å². The molecule has 0 N–H and O–H groups in total. The summed E-state index contributed by atoms with van der Waals surface area (Å²) in [5.41, 5.74) is 2.34. The van der Waals surface area contributed by atoms with Crippen molar-refractivity contribution in [1.82, 2.24) is 9.78 Å². The number of fused-ring (bicyclic) bond motifs is 1. The van der Waals surface area contributed by atoms with Gasteiger partial charge < -0.3 is 0 Å². The monoisotopic (exact) mass is 380 g/mol. The number of rotatable bonds is 3. The normalized spacial score (nSPS) is 11.0. The van der Waals surface area contributed by atoms with Gasteiger partial charge in [-0.15, -0.1) is 0 Å². The van der Waals surface area contributed by atoms with E-state index in [2.05, 4.69) is 23.3 Å². The maximum Gasteiger partial charge on any atom is 0.267 e. The number of hydrogen-bond donors (Lipinski definition) is 0. The van der Waals surface area contributed by atoms with Crippen LogP contribution in [0.3, 0.4) is 0 Å². The summed E-state index contributed by atoms with van der Waals surface area (Å²) in [7, 11) is 0.